The van der Waals surface area contributed by atoms with Gasteiger partial charge in [-0.2, -0.15) is 0 Å². The van der Waals surface area contributed by atoms with Crippen LogP contribution in [-0.4, -0.2) is 30.3 Å². The summed E-state index contributed by atoms with van der Waals surface area (Å²) < 4.78 is 0. The molecule has 0 radical (unpaired) electrons. The van der Waals surface area contributed by atoms with Crippen LogP contribution < -0.4 is 16.8 Å². The van der Waals surface area contributed by atoms with Crippen molar-refractivity contribution in [2.75, 3.05) is 18.4 Å². The number of halogens is 1. The molecule has 0 fully saturated rings. The van der Waals surface area contributed by atoms with E-state index in [1.165, 1.54) is 0 Å². The van der Waals surface area contributed by atoms with Gasteiger partial charge in [-0.3, -0.25) is 9.79 Å². The number of rotatable bonds is 6. The molecule has 0 spiro atoms. The molecule has 1 amide bonds. The SMILES string of the molecule is NC(N)=NCCCCNC(=O)CBr. The third kappa shape index (κ3) is 9.13. The third-order valence-electron chi connectivity index (χ3n) is 1.32. The second kappa shape index (κ2) is 7.85. The van der Waals surface area contributed by atoms with Crippen molar-refractivity contribution in [1.82, 2.24) is 5.32 Å². The fourth-order valence-electron chi connectivity index (χ4n) is 0.720. The monoisotopic (exact) mass is 250 g/mol. The first kappa shape index (κ1) is 12.2. The highest BCUT2D eigenvalue weighted by molar-refractivity contribution is 9.09. The average molecular weight is 251 g/mol. The predicted octanol–water partition coefficient (Wildman–Crippen LogP) is -0.449. The first-order valence-electron chi connectivity index (χ1n) is 4.05. The van der Waals surface area contributed by atoms with E-state index in [9.17, 15) is 4.79 Å². The van der Waals surface area contributed by atoms with E-state index in [4.69, 9.17) is 11.5 Å². The second-order valence-corrected chi connectivity index (χ2v) is 3.06. The van der Waals surface area contributed by atoms with E-state index < -0.39 is 0 Å². The normalized spacial score (nSPS) is 9.31. The Balaban J connectivity index is 3.18. The minimum absolute atomic E-state index is 0.00170. The Bertz CT molecular complexity index is 179. The van der Waals surface area contributed by atoms with Gasteiger partial charge in [-0.1, -0.05) is 15.9 Å². The van der Waals surface area contributed by atoms with Gasteiger partial charge in [0.05, 0.1) is 5.33 Å². The summed E-state index contributed by atoms with van der Waals surface area (Å²) >= 11 is 3.05. The predicted molar refractivity (Wildman–Crippen MR) is 56.7 cm³/mol. The standard InChI is InChI=1S/C7H15BrN4O/c8-5-6(13)11-3-1-2-4-12-7(9)10/h1-5H2,(H,11,13)(H4,9,10,12). The lowest BCUT2D eigenvalue weighted by Gasteiger charge is -2.01. The van der Waals surface area contributed by atoms with E-state index in [1.807, 2.05) is 0 Å². The van der Waals surface area contributed by atoms with Gasteiger partial charge < -0.3 is 16.8 Å². The summed E-state index contributed by atoms with van der Waals surface area (Å²) in [5.41, 5.74) is 10.3. The average Bonchev–Trinajstić information content (AvgIpc) is 2.10. The van der Waals surface area contributed by atoms with Gasteiger partial charge in [0.2, 0.25) is 5.91 Å². The van der Waals surface area contributed by atoms with Crippen molar-refractivity contribution in [3.8, 4) is 0 Å². The van der Waals surface area contributed by atoms with Crippen LogP contribution in [0.4, 0.5) is 0 Å². The fraction of sp³-hybridized carbons (Fsp3) is 0.714. The number of nitrogens with two attached hydrogens (primary N) is 2. The van der Waals surface area contributed by atoms with Crippen LogP contribution in [0.5, 0.6) is 0 Å². The zero-order chi connectivity index (χ0) is 10.1. The van der Waals surface area contributed by atoms with Crippen LogP contribution in [0.3, 0.4) is 0 Å². The number of alkyl halides is 1. The Morgan fingerprint density at radius 3 is 2.62 bits per heavy atom. The molecule has 6 heteroatoms. The summed E-state index contributed by atoms with van der Waals surface area (Å²) in [5, 5.41) is 3.07. The molecule has 5 N–H and O–H groups in total. The zero-order valence-electron chi connectivity index (χ0n) is 7.42. The van der Waals surface area contributed by atoms with Crippen molar-refractivity contribution >= 4 is 27.8 Å². The third-order valence-corrected chi connectivity index (χ3v) is 1.83. The molecule has 0 saturated heterocycles. The van der Waals surface area contributed by atoms with Crippen molar-refractivity contribution < 1.29 is 4.79 Å². The van der Waals surface area contributed by atoms with Gasteiger partial charge >= 0.3 is 0 Å². The number of carbonyl (C=O) groups excluding carboxylic acids is 1. The molecule has 0 saturated carbocycles. The van der Waals surface area contributed by atoms with Gasteiger partial charge in [-0.15, -0.1) is 0 Å². The lowest BCUT2D eigenvalue weighted by molar-refractivity contribution is -0.118. The van der Waals surface area contributed by atoms with E-state index in [2.05, 4.69) is 26.2 Å². The zero-order valence-corrected chi connectivity index (χ0v) is 9.01. The van der Waals surface area contributed by atoms with Crippen LogP contribution in [0.1, 0.15) is 12.8 Å². The Labute approximate surface area is 86.1 Å². The molecule has 0 atom stereocenters. The number of aliphatic imine (C=N–C) groups is 1. The molecule has 0 rings (SSSR count). The molecular formula is C7H15BrN4O. The van der Waals surface area contributed by atoms with Crippen LogP contribution in [0.15, 0.2) is 4.99 Å². The molecule has 0 heterocycles. The van der Waals surface area contributed by atoms with Crippen molar-refractivity contribution in [3.63, 3.8) is 0 Å². The van der Waals surface area contributed by atoms with Gasteiger partial charge in [0.25, 0.3) is 0 Å². The number of unbranched alkanes of at least 4 members (excludes halogenated alkanes) is 1. The summed E-state index contributed by atoms with van der Waals surface area (Å²) in [4.78, 5) is 14.5. The Morgan fingerprint density at radius 2 is 2.08 bits per heavy atom. The molecule has 0 aliphatic rings. The van der Waals surface area contributed by atoms with E-state index in [1.54, 1.807) is 0 Å². The van der Waals surface area contributed by atoms with Crippen LogP contribution in [0, 0.1) is 0 Å². The summed E-state index contributed by atoms with van der Waals surface area (Å²) in [6.45, 7) is 1.29. The molecule has 0 aromatic heterocycles. The molecule has 76 valence electrons. The molecular weight excluding hydrogens is 236 g/mol. The van der Waals surface area contributed by atoms with Crippen molar-refractivity contribution in [1.29, 1.82) is 0 Å². The first-order valence-corrected chi connectivity index (χ1v) is 5.17. The minimum atomic E-state index is 0.00170. The van der Waals surface area contributed by atoms with Crippen molar-refractivity contribution in [2.45, 2.75) is 12.8 Å². The number of guanidine groups is 1. The van der Waals surface area contributed by atoms with Crippen LogP contribution >= 0.6 is 15.9 Å². The highest BCUT2D eigenvalue weighted by Gasteiger charge is 1.95. The maximum atomic E-state index is 10.7. The Kier molecular flexibility index (Phi) is 7.38. The number of nitrogens with one attached hydrogen (secondary N) is 1. The number of nitrogens with zero attached hydrogens (tertiary/aromatic N) is 1. The maximum absolute atomic E-state index is 10.7. The number of hydrogen-bond acceptors (Lipinski definition) is 2. The first-order chi connectivity index (χ1) is 6.16. The topological polar surface area (TPSA) is 93.5 Å². The molecule has 0 aliphatic heterocycles. The lowest BCUT2D eigenvalue weighted by atomic mass is 10.3. The summed E-state index contributed by atoms with van der Waals surface area (Å²) in [5.74, 6) is 0.117. The van der Waals surface area contributed by atoms with Crippen LogP contribution in [0.25, 0.3) is 0 Å². The van der Waals surface area contributed by atoms with Crippen molar-refractivity contribution in [2.24, 2.45) is 16.5 Å². The number of amides is 1. The summed E-state index contributed by atoms with van der Waals surface area (Å²) in [7, 11) is 0. The molecule has 0 bridgehead atoms. The van der Waals surface area contributed by atoms with Crippen LogP contribution in [-0.2, 0) is 4.79 Å². The molecule has 0 aromatic rings. The van der Waals surface area contributed by atoms with E-state index in [0.717, 1.165) is 12.8 Å². The number of carbonyl (C=O) groups is 1. The largest absolute Gasteiger partial charge is 0.370 e. The quantitative estimate of drug-likeness (QED) is 0.258. The minimum Gasteiger partial charge on any atom is -0.370 e. The summed E-state index contributed by atoms with van der Waals surface area (Å²) in [6.07, 6.45) is 1.76. The molecule has 0 unspecified atom stereocenters. The van der Waals surface area contributed by atoms with Gasteiger partial charge in [-0.05, 0) is 12.8 Å². The second-order valence-electron chi connectivity index (χ2n) is 2.50. The Hall–Kier alpha value is -0.780. The van der Waals surface area contributed by atoms with Gasteiger partial charge in [0.1, 0.15) is 0 Å². The van der Waals surface area contributed by atoms with Gasteiger partial charge in [0.15, 0.2) is 5.96 Å². The van der Waals surface area contributed by atoms with Gasteiger partial charge in [0, 0.05) is 13.1 Å². The van der Waals surface area contributed by atoms with Crippen LogP contribution in [0.2, 0.25) is 0 Å². The lowest BCUT2D eigenvalue weighted by Crippen LogP contribution is -2.25. The molecule has 0 aromatic carbocycles. The fourth-order valence-corrected chi connectivity index (χ4v) is 0.918. The molecule has 5 nitrogen and oxygen atoms in total. The maximum Gasteiger partial charge on any atom is 0.230 e. The molecule has 13 heavy (non-hydrogen) atoms. The Morgan fingerprint density at radius 1 is 1.38 bits per heavy atom. The highest BCUT2D eigenvalue weighted by Crippen LogP contribution is 1.88. The highest BCUT2D eigenvalue weighted by atomic mass is 79.9. The van der Waals surface area contributed by atoms with Gasteiger partial charge in [-0.25, -0.2) is 0 Å². The van der Waals surface area contributed by atoms with E-state index in [-0.39, 0.29) is 11.9 Å². The van der Waals surface area contributed by atoms with Crippen molar-refractivity contribution in [3.05, 3.63) is 0 Å². The summed E-state index contributed by atoms with van der Waals surface area (Å²) in [6, 6.07) is 0. The number of hydrogen-bond donors (Lipinski definition) is 3. The molecule has 0 aliphatic carbocycles. The van der Waals surface area contributed by atoms with E-state index in [0.29, 0.717) is 18.4 Å². The van der Waals surface area contributed by atoms with E-state index >= 15 is 0 Å². The smallest absolute Gasteiger partial charge is 0.230 e.